The van der Waals surface area contributed by atoms with Gasteiger partial charge in [0.2, 0.25) is 5.91 Å². The smallest absolute Gasteiger partial charge is 0.355 e. The van der Waals surface area contributed by atoms with Gasteiger partial charge in [-0.1, -0.05) is 6.92 Å². The number of hydrogen-bond donors (Lipinski definition) is 2. The molecule has 0 bridgehead atoms. The van der Waals surface area contributed by atoms with Crippen LogP contribution in [0.1, 0.15) is 43.1 Å². The molecule has 2 aromatic rings. The number of amides is 2. The fourth-order valence-electron chi connectivity index (χ4n) is 3.91. The number of halogens is 3. The van der Waals surface area contributed by atoms with Crippen LogP contribution in [0.15, 0.2) is 11.4 Å². The van der Waals surface area contributed by atoms with Crippen molar-refractivity contribution in [1.82, 2.24) is 20.5 Å². The Morgan fingerprint density at radius 1 is 1.31 bits per heavy atom. The first-order valence-corrected chi connectivity index (χ1v) is 11.4. The van der Waals surface area contributed by atoms with E-state index in [-0.39, 0.29) is 46.1 Å². The molecule has 3 heterocycles. The molecule has 176 valence electrons. The monoisotopic (exact) mass is 471 g/mol. The van der Waals surface area contributed by atoms with Gasteiger partial charge in [-0.15, -0.1) is 11.3 Å². The van der Waals surface area contributed by atoms with Crippen molar-refractivity contribution in [3.8, 4) is 0 Å². The summed E-state index contributed by atoms with van der Waals surface area (Å²) in [5.41, 5.74) is -0.591. The van der Waals surface area contributed by atoms with E-state index >= 15 is 0 Å². The number of nitrogens with one attached hydrogen (secondary N) is 2. The molecule has 11 heteroatoms. The molecule has 2 amide bonds. The van der Waals surface area contributed by atoms with Crippen LogP contribution in [0.3, 0.4) is 0 Å². The van der Waals surface area contributed by atoms with Crippen LogP contribution in [0, 0.1) is 0 Å². The Labute approximate surface area is 189 Å². The topological polar surface area (TPSA) is 77.6 Å². The van der Waals surface area contributed by atoms with Crippen molar-refractivity contribution in [2.45, 2.75) is 45.5 Å². The van der Waals surface area contributed by atoms with Crippen LogP contribution in [0.4, 0.5) is 19.0 Å². The second kappa shape index (κ2) is 9.62. The summed E-state index contributed by atoms with van der Waals surface area (Å²) >= 11 is 0.869. The summed E-state index contributed by atoms with van der Waals surface area (Å²) in [6.45, 7) is 7.42. The number of rotatable bonds is 6. The van der Waals surface area contributed by atoms with Gasteiger partial charge in [-0.25, -0.2) is 4.98 Å². The van der Waals surface area contributed by atoms with Crippen LogP contribution >= 0.6 is 11.3 Å². The lowest BCUT2D eigenvalue weighted by Gasteiger charge is -2.41. The van der Waals surface area contributed by atoms with Crippen LogP contribution < -0.4 is 15.5 Å². The quantitative estimate of drug-likeness (QED) is 0.677. The first-order chi connectivity index (χ1) is 15.0. The zero-order valence-electron chi connectivity index (χ0n) is 18.5. The number of pyridine rings is 1. The number of anilines is 1. The van der Waals surface area contributed by atoms with E-state index in [9.17, 15) is 22.8 Å². The van der Waals surface area contributed by atoms with Crippen molar-refractivity contribution >= 4 is 39.2 Å². The fourth-order valence-corrected chi connectivity index (χ4v) is 4.94. The lowest BCUT2D eigenvalue weighted by atomic mass is 10.1. The molecular formula is C21H28F3N5O2S. The molecule has 2 N–H and O–H groups in total. The van der Waals surface area contributed by atoms with Crippen molar-refractivity contribution in [2.24, 2.45) is 0 Å². The first kappa shape index (κ1) is 24.2. The molecule has 1 saturated heterocycles. The number of piperazine rings is 1. The minimum absolute atomic E-state index is 0.00520. The predicted molar refractivity (Wildman–Crippen MR) is 119 cm³/mol. The van der Waals surface area contributed by atoms with Crippen LogP contribution in [-0.4, -0.2) is 67.0 Å². The van der Waals surface area contributed by atoms with E-state index in [4.69, 9.17) is 0 Å². The fraction of sp³-hybridized carbons (Fsp3) is 0.571. The van der Waals surface area contributed by atoms with E-state index < -0.39 is 17.6 Å². The molecule has 0 aromatic carbocycles. The molecular weight excluding hydrogens is 443 g/mol. The second-order valence-electron chi connectivity index (χ2n) is 8.13. The Hall–Kier alpha value is -2.40. The van der Waals surface area contributed by atoms with Crippen LogP contribution in [0.5, 0.6) is 0 Å². The van der Waals surface area contributed by atoms with Gasteiger partial charge in [0.15, 0.2) is 0 Å². The molecule has 0 saturated carbocycles. The molecule has 1 aliphatic heterocycles. The summed E-state index contributed by atoms with van der Waals surface area (Å²) < 4.78 is 41.4. The molecule has 1 fully saturated rings. The number of aromatic nitrogens is 1. The van der Waals surface area contributed by atoms with Gasteiger partial charge < -0.3 is 15.5 Å². The number of hydrogen-bond acceptors (Lipinski definition) is 6. The Kier molecular flexibility index (Phi) is 7.29. The molecule has 7 nitrogen and oxygen atoms in total. The van der Waals surface area contributed by atoms with Crippen molar-refractivity contribution in [2.75, 3.05) is 38.1 Å². The minimum atomic E-state index is -4.57. The summed E-state index contributed by atoms with van der Waals surface area (Å²) in [4.78, 5) is 32.7. The SMILES string of the molecule is CC[C@@H]1CN(c2cc(C(F)(F)F)c3scc(C(=O)NC)c3n2)CCN1CC(=O)NC(C)C. The molecule has 0 spiro atoms. The van der Waals surface area contributed by atoms with Crippen LogP contribution in [-0.2, 0) is 11.0 Å². The van der Waals surface area contributed by atoms with Gasteiger partial charge >= 0.3 is 6.18 Å². The lowest BCUT2D eigenvalue weighted by Crippen LogP contribution is -2.55. The lowest BCUT2D eigenvalue weighted by molar-refractivity contribution is -0.136. The zero-order valence-corrected chi connectivity index (χ0v) is 19.4. The predicted octanol–water partition coefficient (Wildman–Crippen LogP) is 3.10. The van der Waals surface area contributed by atoms with Crippen LogP contribution in [0.25, 0.3) is 10.2 Å². The van der Waals surface area contributed by atoms with E-state index in [0.29, 0.717) is 19.6 Å². The maximum atomic E-state index is 13.8. The van der Waals surface area contributed by atoms with E-state index in [1.165, 1.54) is 12.4 Å². The van der Waals surface area contributed by atoms with Gasteiger partial charge in [0, 0.05) is 44.1 Å². The van der Waals surface area contributed by atoms with E-state index in [1.807, 2.05) is 25.7 Å². The van der Waals surface area contributed by atoms with Gasteiger partial charge in [-0.3, -0.25) is 14.5 Å². The second-order valence-corrected chi connectivity index (χ2v) is 9.01. The highest BCUT2D eigenvalue weighted by molar-refractivity contribution is 7.17. The largest absolute Gasteiger partial charge is 0.417 e. The Balaban J connectivity index is 1.92. The first-order valence-electron chi connectivity index (χ1n) is 10.5. The maximum Gasteiger partial charge on any atom is 0.417 e. The highest BCUT2D eigenvalue weighted by atomic mass is 32.1. The molecule has 3 rings (SSSR count). The minimum Gasteiger partial charge on any atom is -0.355 e. The summed E-state index contributed by atoms with van der Waals surface area (Å²) in [6.07, 6.45) is -3.83. The third kappa shape index (κ3) is 5.15. The molecule has 0 unspecified atom stereocenters. The summed E-state index contributed by atoms with van der Waals surface area (Å²) in [6, 6.07) is 1.11. The van der Waals surface area contributed by atoms with Gasteiger partial charge in [0.1, 0.15) is 5.82 Å². The van der Waals surface area contributed by atoms with Crippen molar-refractivity contribution in [3.63, 3.8) is 0 Å². The van der Waals surface area contributed by atoms with E-state index in [0.717, 1.165) is 23.8 Å². The molecule has 2 aromatic heterocycles. The molecule has 0 radical (unpaired) electrons. The average Bonchev–Trinajstić information content (AvgIpc) is 3.15. The number of alkyl halides is 3. The number of carbonyl (C=O) groups excluding carboxylic acids is 2. The Bertz CT molecular complexity index is 992. The standard InChI is InChI=1S/C21H28F3N5O2S/c1-5-13-9-29(7-6-28(13)10-17(30)26-12(2)3)16-8-15(21(22,23)24)19-18(27-16)14(11-32-19)20(31)25-4/h8,11-13H,5-7,9-10H2,1-4H3,(H,25,31)(H,26,30)/t13-/m1/s1. The Morgan fingerprint density at radius 2 is 2.03 bits per heavy atom. The number of nitrogens with zero attached hydrogens (tertiary/aromatic N) is 3. The van der Waals surface area contributed by atoms with Gasteiger partial charge in [-0.2, -0.15) is 13.2 Å². The summed E-state index contributed by atoms with van der Waals surface area (Å²) in [5.74, 6) is -0.348. The van der Waals surface area contributed by atoms with E-state index in [2.05, 4.69) is 20.5 Å². The van der Waals surface area contributed by atoms with Crippen molar-refractivity contribution in [3.05, 3.63) is 22.6 Å². The molecule has 32 heavy (non-hydrogen) atoms. The number of thiophene rings is 1. The summed E-state index contributed by atoms with van der Waals surface area (Å²) in [5, 5.41) is 6.74. The van der Waals surface area contributed by atoms with Gasteiger partial charge in [0.05, 0.1) is 27.9 Å². The van der Waals surface area contributed by atoms with Crippen molar-refractivity contribution in [1.29, 1.82) is 0 Å². The molecule has 1 aliphatic rings. The maximum absolute atomic E-state index is 13.8. The highest BCUT2D eigenvalue weighted by Crippen LogP contribution is 2.40. The highest BCUT2D eigenvalue weighted by Gasteiger charge is 2.36. The summed E-state index contributed by atoms with van der Waals surface area (Å²) in [7, 11) is 1.43. The third-order valence-corrected chi connectivity index (χ3v) is 6.49. The van der Waals surface area contributed by atoms with Crippen LogP contribution in [0.2, 0.25) is 0 Å². The third-order valence-electron chi connectivity index (χ3n) is 5.48. The molecule has 0 aliphatic carbocycles. The van der Waals surface area contributed by atoms with Gasteiger partial charge in [-0.05, 0) is 26.3 Å². The normalized spacial score (nSPS) is 17.8. The van der Waals surface area contributed by atoms with Gasteiger partial charge in [0.25, 0.3) is 5.91 Å². The number of carbonyl (C=O) groups is 2. The average molecular weight is 472 g/mol. The van der Waals surface area contributed by atoms with Crippen molar-refractivity contribution < 1.29 is 22.8 Å². The zero-order chi connectivity index (χ0) is 23.6. The number of fused-ring (bicyclic) bond motifs is 1. The Morgan fingerprint density at radius 3 is 2.62 bits per heavy atom. The van der Waals surface area contributed by atoms with E-state index in [1.54, 1.807) is 0 Å². The molecule has 1 atom stereocenters.